The highest BCUT2D eigenvalue weighted by atomic mass is 79.9. The van der Waals surface area contributed by atoms with Crippen LogP contribution in [0, 0.1) is 0 Å². The fourth-order valence-corrected chi connectivity index (χ4v) is 3.50. The summed E-state index contributed by atoms with van der Waals surface area (Å²) in [6.45, 7) is -1.98. The fraction of sp³-hybridized carbons (Fsp3) is 0.389. The number of carbonyl (C=O) groups excluding carboxylic acids is 2. The lowest BCUT2D eigenvalue weighted by atomic mass is 9.95. The Morgan fingerprint density at radius 1 is 1.18 bits per heavy atom. The van der Waals surface area contributed by atoms with Crippen molar-refractivity contribution in [1.29, 1.82) is 0 Å². The molecule has 0 aliphatic heterocycles. The van der Waals surface area contributed by atoms with Crippen molar-refractivity contribution in [2.45, 2.75) is 31.9 Å². The molecule has 0 saturated heterocycles. The topological polar surface area (TPSA) is 76.0 Å². The Balaban J connectivity index is 1.76. The van der Waals surface area contributed by atoms with Gasteiger partial charge in [-0.15, -0.1) is 0 Å². The predicted molar refractivity (Wildman–Crippen MR) is 99.3 cm³/mol. The number of carbonyl (C=O) groups is 2. The van der Waals surface area contributed by atoms with Crippen LogP contribution >= 0.6 is 15.9 Å². The standard InChI is InChI=1S/C18H18BrF3N4O2/c19-11-4-3-5-12(8-11)26-14-7-2-1-6-13(14)16(25-26)17(28)23-9-15(27)24-10-18(20,21)22/h3-5,8H,1-2,6-7,9-10H2,(H,23,28)(H,24,27). The van der Waals surface area contributed by atoms with Crippen molar-refractivity contribution in [3.05, 3.63) is 45.7 Å². The molecule has 0 unspecified atom stereocenters. The molecule has 2 aromatic rings. The van der Waals surface area contributed by atoms with Crippen molar-refractivity contribution in [2.75, 3.05) is 13.1 Å². The molecule has 150 valence electrons. The summed E-state index contributed by atoms with van der Waals surface area (Å²) in [5, 5.41) is 8.52. The van der Waals surface area contributed by atoms with E-state index in [1.807, 2.05) is 24.3 Å². The second kappa shape index (κ2) is 8.34. The Bertz CT molecular complexity index is 895. The van der Waals surface area contributed by atoms with Crippen LogP contribution in [0.2, 0.25) is 0 Å². The molecule has 0 bridgehead atoms. The van der Waals surface area contributed by atoms with Gasteiger partial charge in [0.15, 0.2) is 5.69 Å². The van der Waals surface area contributed by atoms with Crippen LogP contribution in [0.15, 0.2) is 28.7 Å². The summed E-state index contributed by atoms with van der Waals surface area (Å²) < 4.78 is 39.0. The van der Waals surface area contributed by atoms with E-state index in [1.165, 1.54) is 0 Å². The largest absolute Gasteiger partial charge is 0.405 e. The summed E-state index contributed by atoms with van der Waals surface area (Å²) in [4.78, 5) is 24.1. The number of nitrogens with one attached hydrogen (secondary N) is 2. The lowest BCUT2D eigenvalue weighted by Gasteiger charge is -2.14. The highest BCUT2D eigenvalue weighted by Gasteiger charge is 2.28. The second-order valence-corrected chi connectivity index (χ2v) is 7.36. The number of nitrogens with zero attached hydrogens (tertiary/aromatic N) is 2. The van der Waals surface area contributed by atoms with Gasteiger partial charge in [0.1, 0.15) is 6.54 Å². The maximum Gasteiger partial charge on any atom is 0.405 e. The van der Waals surface area contributed by atoms with Gasteiger partial charge in [-0.25, -0.2) is 4.68 Å². The van der Waals surface area contributed by atoms with E-state index in [0.29, 0.717) is 6.42 Å². The van der Waals surface area contributed by atoms with Gasteiger partial charge in [-0.3, -0.25) is 9.59 Å². The summed E-state index contributed by atoms with van der Waals surface area (Å²) in [6.07, 6.45) is -1.14. The number of benzene rings is 1. The van der Waals surface area contributed by atoms with E-state index in [4.69, 9.17) is 0 Å². The van der Waals surface area contributed by atoms with E-state index in [0.717, 1.165) is 40.7 Å². The van der Waals surface area contributed by atoms with Crippen molar-refractivity contribution >= 4 is 27.7 Å². The zero-order chi connectivity index (χ0) is 20.3. The minimum atomic E-state index is -4.50. The lowest BCUT2D eigenvalue weighted by molar-refractivity contribution is -0.137. The molecule has 0 radical (unpaired) electrons. The summed E-state index contributed by atoms with van der Waals surface area (Å²) in [5.41, 5.74) is 2.77. The third-order valence-electron chi connectivity index (χ3n) is 4.34. The molecule has 2 N–H and O–H groups in total. The number of rotatable bonds is 5. The first-order valence-electron chi connectivity index (χ1n) is 8.73. The van der Waals surface area contributed by atoms with Gasteiger partial charge in [0, 0.05) is 15.7 Å². The quantitative estimate of drug-likeness (QED) is 0.722. The van der Waals surface area contributed by atoms with Crippen LogP contribution in [0.4, 0.5) is 13.2 Å². The van der Waals surface area contributed by atoms with E-state index in [1.54, 1.807) is 10.00 Å². The Labute approximate surface area is 167 Å². The van der Waals surface area contributed by atoms with Crippen LogP contribution in [0.3, 0.4) is 0 Å². The van der Waals surface area contributed by atoms with Crippen molar-refractivity contribution in [3.63, 3.8) is 0 Å². The molecule has 1 aromatic carbocycles. The lowest BCUT2D eigenvalue weighted by Crippen LogP contribution is -2.41. The zero-order valence-electron chi connectivity index (χ0n) is 14.8. The predicted octanol–water partition coefficient (Wildman–Crippen LogP) is 2.92. The van der Waals surface area contributed by atoms with Gasteiger partial charge in [0.25, 0.3) is 5.91 Å². The van der Waals surface area contributed by atoms with Gasteiger partial charge in [0.2, 0.25) is 5.91 Å². The highest BCUT2D eigenvalue weighted by molar-refractivity contribution is 9.10. The Morgan fingerprint density at radius 3 is 2.64 bits per heavy atom. The molecule has 0 fully saturated rings. The molecule has 2 amide bonds. The van der Waals surface area contributed by atoms with Gasteiger partial charge in [-0.2, -0.15) is 18.3 Å². The minimum absolute atomic E-state index is 0.207. The third-order valence-corrected chi connectivity index (χ3v) is 4.84. The number of amides is 2. The van der Waals surface area contributed by atoms with E-state index in [9.17, 15) is 22.8 Å². The first-order valence-corrected chi connectivity index (χ1v) is 9.52. The average Bonchev–Trinajstić information content (AvgIpc) is 3.04. The summed E-state index contributed by atoms with van der Waals surface area (Å²) in [7, 11) is 0. The van der Waals surface area contributed by atoms with Crippen molar-refractivity contribution in [2.24, 2.45) is 0 Å². The summed E-state index contributed by atoms with van der Waals surface area (Å²) in [6, 6.07) is 7.50. The summed E-state index contributed by atoms with van der Waals surface area (Å²) >= 11 is 3.42. The number of aromatic nitrogens is 2. The number of hydrogen-bond acceptors (Lipinski definition) is 3. The first-order chi connectivity index (χ1) is 13.2. The number of alkyl halides is 3. The molecule has 28 heavy (non-hydrogen) atoms. The molecule has 1 aromatic heterocycles. The Kier molecular flexibility index (Phi) is 6.07. The maximum atomic E-state index is 12.5. The normalized spacial score (nSPS) is 13.7. The Morgan fingerprint density at radius 2 is 1.93 bits per heavy atom. The molecular formula is C18H18BrF3N4O2. The van der Waals surface area contributed by atoms with Gasteiger partial charge in [-0.1, -0.05) is 22.0 Å². The zero-order valence-corrected chi connectivity index (χ0v) is 16.4. The van der Waals surface area contributed by atoms with Crippen LogP contribution in [0.5, 0.6) is 0 Å². The molecule has 0 atom stereocenters. The van der Waals surface area contributed by atoms with Crippen molar-refractivity contribution in [1.82, 2.24) is 20.4 Å². The van der Waals surface area contributed by atoms with Crippen LogP contribution < -0.4 is 10.6 Å². The number of fused-ring (bicyclic) bond motifs is 1. The first kappa shape index (κ1) is 20.4. The van der Waals surface area contributed by atoms with Gasteiger partial charge >= 0.3 is 6.18 Å². The van der Waals surface area contributed by atoms with Gasteiger partial charge < -0.3 is 10.6 Å². The molecule has 1 aliphatic carbocycles. The highest BCUT2D eigenvalue weighted by Crippen LogP contribution is 2.27. The minimum Gasteiger partial charge on any atom is -0.345 e. The molecule has 1 heterocycles. The molecule has 0 saturated carbocycles. The molecule has 1 aliphatic rings. The van der Waals surface area contributed by atoms with E-state index < -0.39 is 31.1 Å². The van der Waals surface area contributed by atoms with Gasteiger partial charge in [-0.05, 0) is 43.9 Å². The van der Waals surface area contributed by atoms with Gasteiger partial charge in [0.05, 0.1) is 12.2 Å². The van der Waals surface area contributed by atoms with Crippen LogP contribution in [-0.2, 0) is 17.6 Å². The van der Waals surface area contributed by atoms with Crippen molar-refractivity contribution < 1.29 is 22.8 Å². The van der Waals surface area contributed by atoms with Crippen LogP contribution in [-0.4, -0.2) is 40.9 Å². The molecular weight excluding hydrogens is 441 g/mol. The number of halogens is 4. The fourth-order valence-electron chi connectivity index (χ4n) is 3.11. The SMILES string of the molecule is O=C(CNC(=O)c1nn(-c2cccc(Br)c2)c2c1CCCC2)NCC(F)(F)F. The molecule has 6 nitrogen and oxygen atoms in total. The molecule has 0 spiro atoms. The third kappa shape index (κ3) is 4.92. The molecule has 3 rings (SSSR count). The summed E-state index contributed by atoms with van der Waals surface area (Å²) in [5.74, 6) is -1.49. The van der Waals surface area contributed by atoms with E-state index in [2.05, 4.69) is 26.3 Å². The maximum absolute atomic E-state index is 12.5. The van der Waals surface area contributed by atoms with Crippen LogP contribution in [0.25, 0.3) is 5.69 Å². The average molecular weight is 459 g/mol. The van der Waals surface area contributed by atoms with Crippen molar-refractivity contribution in [3.8, 4) is 5.69 Å². The van der Waals surface area contributed by atoms with E-state index >= 15 is 0 Å². The second-order valence-electron chi connectivity index (χ2n) is 6.45. The van der Waals surface area contributed by atoms with Crippen LogP contribution in [0.1, 0.15) is 34.6 Å². The Hall–Kier alpha value is -2.36. The molecule has 10 heteroatoms. The monoisotopic (exact) mass is 458 g/mol. The smallest absolute Gasteiger partial charge is 0.345 e. The number of hydrogen-bond donors (Lipinski definition) is 2. The van der Waals surface area contributed by atoms with E-state index in [-0.39, 0.29) is 5.69 Å².